The van der Waals surface area contributed by atoms with Crippen LogP contribution in [0.3, 0.4) is 0 Å². The Morgan fingerprint density at radius 1 is 1.53 bits per heavy atom. The van der Waals surface area contributed by atoms with E-state index in [2.05, 4.69) is 5.32 Å². The first kappa shape index (κ1) is 14.2. The number of amides is 1. The summed E-state index contributed by atoms with van der Waals surface area (Å²) < 4.78 is 5.09. The molecule has 0 aliphatic rings. The average molecular weight is 235 g/mol. The number of aliphatic carboxylic acids is 1. The Hall–Kier alpha value is -0.750. The first-order valence-corrected chi connectivity index (χ1v) is 5.92. The molecule has 1 unspecified atom stereocenters. The molecule has 0 saturated carbocycles. The fraction of sp³-hybridized carbons (Fsp3) is 0.778. The maximum Gasteiger partial charge on any atom is 0.313 e. The second-order valence-corrected chi connectivity index (χ2v) is 3.94. The minimum atomic E-state index is -0.839. The van der Waals surface area contributed by atoms with E-state index >= 15 is 0 Å². The third kappa shape index (κ3) is 8.26. The maximum absolute atomic E-state index is 11.3. The van der Waals surface area contributed by atoms with Crippen LogP contribution in [-0.2, 0) is 14.3 Å². The Morgan fingerprint density at radius 3 is 2.73 bits per heavy atom. The Bertz CT molecular complexity index is 210. The maximum atomic E-state index is 11.3. The number of hydrogen-bond donors (Lipinski definition) is 2. The summed E-state index contributed by atoms with van der Waals surface area (Å²) in [6.07, 6.45) is -0.445. The topological polar surface area (TPSA) is 75.6 Å². The van der Waals surface area contributed by atoms with Gasteiger partial charge in [-0.05, 0) is 13.8 Å². The highest BCUT2D eigenvalue weighted by Gasteiger charge is 2.10. The molecule has 0 aromatic carbocycles. The number of rotatable bonds is 8. The lowest BCUT2D eigenvalue weighted by Crippen LogP contribution is -2.35. The van der Waals surface area contributed by atoms with Crippen molar-refractivity contribution in [3.05, 3.63) is 0 Å². The van der Waals surface area contributed by atoms with Crippen molar-refractivity contribution in [1.29, 1.82) is 0 Å². The smallest absolute Gasteiger partial charge is 0.313 e. The van der Waals surface area contributed by atoms with Gasteiger partial charge in [-0.25, -0.2) is 0 Å². The van der Waals surface area contributed by atoms with E-state index < -0.39 is 12.1 Å². The van der Waals surface area contributed by atoms with Crippen molar-refractivity contribution in [2.24, 2.45) is 0 Å². The standard InChI is InChI=1S/C9H17NO4S/c1-3-14-7(2)9(13)10-4-5-15-6-8(11)12/h7H,3-6H2,1-2H3,(H,10,13)(H,11,12). The van der Waals surface area contributed by atoms with Crippen LogP contribution in [0.4, 0.5) is 0 Å². The lowest BCUT2D eigenvalue weighted by molar-refractivity contribution is -0.134. The van der Waals surface area contributed by atoms with E-state index in [9.17, 15) is 9.59 Å². The van der Waals surface area contributed by atoms with E-state index in [1.807, 2.05) is 6.92 Å². The minimum absolute atomic E-state index is 0.0664. The van der Waals surface area contributed by atoms with Gasteiger partial charge in [0.25, 0.3) is 0 Å². The van der Waals surface area contributed by atoms with Gasteiger partial charge in [0.2, 0.25) is 5.91 Å². The number of thioether (sulfide) groups is 1. The average Bonchev–Trinajstić information content (AvgIpc) is 2.16. The SMILES string of the molecule is CCOC(C)C(=O)NCCSCC(=O)O. The van der Waals surface area contributed by atoms with E-state index in [1.54, 1.807) is 6.92 Å². The molecule has 0 spiro atoms. The van der Waals surface area contributed by atoms with Crippen LogP contribution in [-0.4, -0.2) is 47.7 Å². The number of carbonyl (C=O) groups excluding carboxylic acids is 1. The number of carboxylic acids is 1. The van der Waals surface area contributed by atoms with E-state index in [0.29, 0.717) is 18.9 Å². The summed E-state index contributed by atoms with van der Waals surface area (Å²) in [4.78, 5) is 21.4. The molecule has 6 heteroatoms. The summed E-state index contributed by atoms with van der Waals surface area (Å²) >= 11 is 1.27. The van der Waals surface area contributed by atoms with Crippen molar-refractivity contribution in [3.63, 3.8) is 0 Å². The quantitative estimate of drug-likeness (QED) is 0.594. The molecule has 0 heterocycles. The molecule has 0 aromatic heterocycles. The normalized spacial score (nSPS) is 12.1. The van der Waals surface area contributed by atoms with Crippen LogP contribution < -0.4 is 5.32 Å². The predicted molar refractivity (Wildman–Crippen MR) is 59.1 cm³/mol. The molecular weight excluding hydrogens is 218 g/mol. The third-order valence-corrected chi connectivity index (χ3v) is 2.50. The van der Waals surface area contributed by atoms with Gasteiger partial charge in [0, 0.05) is 18.9 Å². The fourth-order valence-electron chi connectivity index (χ4n) is 0.875. The van der Waals surface area contributed by atoms with Crippen molar-refractivity contribution >= 4 is 23.6 Å². The van der Waals surface area contributed by atoms with Crippen LogP contribution in [0.2, 0.25) is 0 Å². The van der Waals surface area contributed by atoms with Gasteiger partial charge in [0.05, 0.1) is 5.75 Å². The summed E-state index contributed by atoms with van der Waals surface area (Å²) in [5, 5.41) is 11.0. The van der Waals surface area contributed by atoms with Gasteiger partial charge in [-0.2, -0.15) is 0 Å². The van der Waals surface area contributed by atoms with Gasteiger partial charge in [0.15, 0.2) is 0 Å². The zero-order valence-corrected chi connectivity index (χ0v) is 9.80. The van der Waals surface area contributed by atoms with Gasteiger partial charge >= 0.3 is 5.97 Å². The van der Waals surface area contributed by atoms with Crippen LogP contribution >= 0.6 is 11.8 Å². The van der Waals surface area contributed by atoms with Crippen molar-refractivity contribution in [2.75, 3.05) is 24.7 Å². The van der Waals surface area contributed by atoms with Gasteiger partial charge < -0.3 is 15.2 Å². The Morgan fingerprint density at radius 2 is 2.20 bits per heavy atom. The Labute approximate surface area is 93.6 Å². The molecule has 2 N–H and O–H groups in total. The minimum Gasteiger partial charge on any atom is -0.481 e. The summed E-state index contributed by atoms with van der Waals surface area (Å²) in [7, 11) is 0. The summed E-state index contributed by atoms with van der Waals surface area (Å²) in [5.41, 5.74) is 0. The molecular formula is C9H17NO4S. The van der Waals surface area contributed by atoms with Crippen LogP contribution in [0, 0.1) is 0 Å². The molecule has 15 heavy (non-hydrogen) atoms. The van der Waals surface area contributed by atoms with Gasteiger partial charge in [-0.1, -0.05) is 0 Å². The first-order chi connectivity index (χ1) is 7.07. The number of carbonyl (C=O) groups is 2. The number of carboxylic acid groups (broad SMARTS) is 1. The molecule has 0 fully saturated rings. The highest BCUT2D eigenvalue weighted by molar-refractivity contribution is 7.99. The lowest BCUT2D eigenvalue weighted by Gasteiger charge is -2.11. The summed E-state index contributed by atoms with van der Waals surface area (Å²) in [6, 6.07) is 0. The molecule has 1 amide bonds. The largest absolute Gasteiger partial charge is 0.481 e. The molecule has 5 nitrogen and oxygen atoms in total. The van der Waals surface area contributed by atoms with Crippen LogP contribution in [0.5, 0.6) is 0 Å². The van der Waals surface area contributed by atoms with Crippen LogP contribution in [0.15, 0.2) is 0 Å². The van der Waals surface area contributed by atoms with E-state index in [-0.39, 0.29) is 11.7 Å². The zero-order chi connectivity index (χ0) is 11.7. The highest BCUT2D eigenvalue weighted by Crippen LogP contribution is 1.97. The molecule has 0 aliphatic carbocycles. The molecule has 0 saturated heterocycles. The van der Waals surface area contributed by atoms with Gasteiger partial charge in [-0.15, -0.1) is 11.8 Å². The zero-order valence-electron chi connectivity index (χ0n) is 8.99. The lowest BCUT2D eigenvalue weighted by atomic mass is 10.4. The summed E-state index contributed by atoms with van der Waals surface area (Å²) in [6.45, 7) is 4.48. The van der Waals surface area contributed by atoms with Crippen LogP contribution in [0.1, 0.15) is 13.8 Å². The Kier molecular flexibility index (Phi) is 8.12. The second kappa shape index (κ2) is 8.55. The monoisotopic (exact) mass is 235 g/mol. The molecule has 0 aliphatic heterocycles. The van der Waals surface area contributed by atoms with Crippen molar-refractivity contribution in [3.8, 4) is 0 Å². The molecule has 88 valence electrons. The predicted octanol–water partition coefficient (Wildman–Crippen LogP) is 0.345. The molecule has 0 bridgehead atoms. The second-order valence-electron chi connectivity index (χ2n) is 2.83. The van der Waals surface area contributed by atoms with E-state index in [0.717, 1.165) is 0 Å². The number of hydrogen-bond acceptors (Lipinski definition) is 4. The van der Waals surface area contributed by atoms with Gasteiger partial charge in [0.1, 0.15) is 6.10 Å². The van der Waals surface area contributed by atoms with E-state index in [1.165, 1.54) is 11.8 Å². The van der Waals surface area contributed by atoms with E-state index in [4.69, 9.17) is 9.84 Å². The van der Waals surface area contributed by atoms with Crippen molar-refractivity contribution < 1.29 is 19.4 Å². The third-order valence-electron chi connectivity index (χ3n) is 1.56. The Balaban J connectivity index is 3.42. The molecule has 0 radical (unpaired) electrons. The summed E-state index contributed by atoms with van der Waals surface area (Å²) in [5.74, 6) is -0.338. The van der Waals surface area contributed by atoms with Crippen molar-refractivity contribution in [2.45, 2.75) is 20.0 Å². The fourth-order valence-corrected chi connectivity index (χ4v) is 1.44. The van der Waals surface area contributed by atoms with Gasteiger partial charge in [-0.3, -0.25) is 9.59 Å². The molecule has 0 aromatic rings. The van der Waals surface area contributed by atoms with Crippen LogP contribution in [0.25, 0.3) is 0 Å². The number of ether oxygens (including phenoxy) is 1. The molecule has 1 atom stereocenters. The molecule has 0 rings (SSSR count). The first-order valence-electron chi connectivity index (χ1n) is 4.76. The highest BCUT2D eigenvalue weighted by atomic mass is 32.2. The number of nitrogens with one attached hydrogen (secondary N) is 1. The van der Waals surface area contributed by atoms with Crippen molar-refractivity contribution in [1.82, 2.24) is 5.32 Å².